The number of hydrogen-bond acceptors (Lipinski definition) is 0. The van der Waals surface area contributed by atoms with E-state index in [1.165, 1.54) is 88.2 Å². The minimum atomic E-state index is 0.637. The van der Waals surface area contributed by atoms with Gasteiger partial charge in [0.2, 0.25) is 0 Å². The predicted molar refractivity (Wildman–Crippen MR) is 113 cm³/mol. The second-order valence-electron chi connectivity index (χ2n) is 8.87. The summed E-state index contributed by atoms with van der Waals surface area (Å²) in [6.07, 6.45) is 16.7. The van der Waals surface area contributed by atoms with Crippen molar-refractivity contribution in [1.29, 1.82) is 0 Å². The molecule has 0 saturated heterocycles. The molecule has 0 spiro atoms. The molecular weight excluding hydrogens is 312 g/mol. The molecule has 0 nitrogen and oxygen atoms in total. The summed E-state index contributed by atoms with van der Waals surface area (Å²) in [6.45, 7) is 4.62. The average Bonchev–Trinajstić information content (AvgIpc) is 2.72. The van der Waals surface area contributed by atoms with Crippen LogP contribution < -0.4 is 0 Å². The van der Waals surface area contributed by atoms with Crippen molar-refractivity contribution in [2.75, 3.05) is 0 Å². The Balaban J connectivity index is 1.44. The summed E-state index contributed by atoms with van der Waals surface area (Å²) in [4.78, 5) is 0. The zero-order chi connectivity index (χ0) is 18.2. The Morgan fingerprint density at radius 1 is 0.808 bits per heavy atom. The molecule has 142 valence electrons. The fraction of sp³-hybridized carbons (Fsp3) is 0.692. The summed E-state index contributed by atoms with van der Waals surface area (Å²) >= 11 is 0. The van der Waals surface area contributed by atoms with E-state index in [4.69, 9.17) is 0 Å². The third kappa shape index (κ3) is 5.64. The predicted octanol–water partition coefficient (Wildman–Crippen LogP) is 7.40. The van der Waals surface area contributed by atoms with Crippen LogP contribution in [0.25, 0.3) is 0 Å². The molecule has 0 heteroatoms. The van der Waals surface area contributed by atoms with Crippen molar-refractivity contribution in [3.05, 3.63) is 35.4 Å². The molecule has 0 radical (unpaired) electrons. The van der Waals surface area contributed by atoms with Gasteiger partial charge in [-0.05, 0) is 86.8 Å². The van der Waals surface area contributed by atoms with E-state index in [1.54, 1.807) is 0 Å². The van der Waals surface area contributed by atoms with Crippen LogP contribution in [0.1, 0.15) is 95.6 Å². The smallest absolute Gasteiger partial charge is 0.0245 e. The van der Waals surface area contributed by atoms with E-state index >= 15 is 0 Å². The number of rotatable bonds is 5. The van der Waals surface area contributed by atoms with Gasteiger partial charge in [-0.25, -0.2) is 0 Å². The molecule has 3 rings (SSSR count). The number of hydrogen-bond donors (Lipinski definition) is 0. The van der Waals surface area contributed by atoms with E-state index in [0.717, 1.165) is 17.8 Å². The van der Waals surface area contributed by atoms with Gasteiger partial charge >= 0.3 is 0 Å². The summed E-state index contributed by atoms with van der Waals surface area (Å²) in [6, 6.07) is 8.97. The van der Waals surface area contributed by atoms with E-state index < -0.39 is 0 Å². The largest absolute Gasteiger partial charge is 0.0945 e. The van der Waals surface area contributed by atoms with Crippen LogP contribution in [-0.2, 0) is 6.42 Å². The number of unbranched alkanes of at least 4 members (excludes halogenated alkanes) is 1. The van der Waals surface area contributed by atoms with Crippen molar-refractivity contribution in [3.63, 3.8) is 0 Å². The van der Waals surface area contributed by atoms with Gasteiger partial charge in [0.25, 0.3) is 0 Å². The van der Waals surface area contributed by atoms with Crippen molar-refractivity contribution in [1.82, 2.24) is 0 Å². The third-order valence-electron chi connectivity index (χ3n) is 7.10. The Labute approximate surface area is 162 Å². The van der Waals surface area contributed by atoms with Crippen molar-refractivity contribution in [2.24, 2.45) is 23.7 Å². The van der Waals surface area contributed by atoms with Gasteiger partial charge in [0, 0.05) is 11.5 Å². The Kier molecular flexibility index (Phi) is 7.67. The number of benzene rings is 1. The third-order valence-corrected chi connectivity index (χ3v) is 7.10. The van der Waals surface area contributed by atoms with E-state index in [9.17, 15) is 0 Å². The first-order chi connectivity index (χ1) is 12.8. The van der Waals surface area contributed by atoms with E-state index in [2.05, 4.69) is 50.0 Å². The molecule has 2 aliphatic rings. The molecule has 0 aliphatic heterocycles. The fourth-order valence-electron chi connectivity index (χ4n) is 5.12. The summed E-state index contributed by atoms with van der Waals surface area (Å²) in [5.41, 5.74) is 2.65. The highest BCUT2D eigenvalue weighted by atomic mass is 14.3. The molecule has 26 heavy (non-hydrogen) atoms. The molecule has 2 aliphatic carbocycles. The monoisotopic (exact) mass is 350 g/mol. The molecule has 1 aromatic rings. The maximum atomic E-state index is 3.59. The maximum Gasteiger partial charge on any atom is 0.0245 e. The van der Waals surface area contributed by atoms with Gasteiger partial charge < -0.3 is 0 Å². The Morgan fingerprint density at radius 3 is 2.00 bits per heavy atom. The van der Waals surface area contributed by atoms with Crippen LogP contribution in [0.15, 0.2) is 24.3 Å². The van der Waals surface area contributed by atoms with Crippen LogP contribution in [0.4, 0.5) is 0 Å². The standard InChI is InChI=1S/C26H38/c1-3-5-6-22-7-9-23(10-8-22)11-12-24-15-19-26(20-16-24)25-17-13-21(4-2)14-18-25/h7-10,21,24-26H,3-6,13-20H2,1-2H3. The van der Waals surface area contributed by atoms with Crippen molar-refractivity contribution >= 4 is 0 Å². The van der Waals surface area contributed by atoms with Crippen LogP contribution in [-0.4, -0.2) is 0 Å². The van der Waals surface area contributed by atoms with Gasteiger partial charge in [-0.1, -0.05) is 63.5 Å². The SMILES string of the molecule is CCCCc1ccc(C#CC2CCC(C3CCC(CC)CC3)CC2)cc1. The molecule has 0 aromatic heterocycles. The molecule has 0 N–H and O–H groups in total. The lowest BCUT2D eigenvalue weighted by Crippen LogP contribution is -2.25. The van der Waals surface area contributed by atoms with Crippen molar-refractivity contribution < 1.29 is 0 Å². The highest BCUT2D eigenvalue weighted by Gasteiger charge is 2.29. The zero-order valence-electron chi connectivity index (χ0n) is 17.1. The molecule has 2 saturated carbocycles. The Morgan fingerprint density at radius 2 is 1.42 bits per heavy atom. The van der Waals surface area contributed by atoms with E-state index in [0.29, 0.717) is 5.92 Å². The highest BCUT2D eigenvalue weighted by molar-refractivity contribution is 5.36. The molecule has 1 aromatic carbocycles. The molecule has 0 heterocycles. The van der Waals surface area contributed by atoms with Crippen LogP contribution in [0.2, 0.25) is 0 Å². The first-order valence-corrected chi connectivity index (χ1v) is 11.4. The van der Waals surface area contributed by atoms with Gasteiger partial charge in [-0.3, -0.25) is 0 Å². The second kappa shape index (κ2) is 10.2. The van der Waals surface area contributed by atoms with Crippen molar-refractivity contribution in [2.45, 2.75) is 90.9 Å². The lowest BCUT2D eigenvalue weighted by atomic mass is 9.69. The van der Waals surface area contributed by atoms with Crippen LogP contribution in [0, 0.1) is 35.5 Å². The first-order valence-electron chi connectivity index (χ1n) is 11.4. The minimum Gasteiger partial charge on any atom is -0.0945 e. The van der Waals surface area contributed by atoms with Gasteiger partial charge in [0.05, 0.1) is 0 Å². The van der Waals surface area contributed by atoms with E-state index in [-0.39, 0.29) is 0 Å². The minimum absolute atomic E-state index is 0.637. The first kappa shape index (κ1) is 19.5. The molecule has 0 unspecified atom stereocenters. The van der Waals surface area contributed by atoms with Gasteiger partial charge in [0.15, 0.2) is 0 Å². The zero-order valence-corrected chi connectivity index (χ0v) is 17.1. The lowest BCUT2D eigenvalue weighted by Gasteiger charge is -2.36. The van der Waals surface area contributed by atoms with Crippen LogP contribution in [0.5, 0.6) is 0 Å². The fourth-order valence-corrected chi connectivity index (χ4v) is 5.12. The summed E-state index contributed by atoms with van der Waals surface area (Å²) in [5.74, 6) is 10.7. The highest BCUT2D eigenvalue weighted by Crippen LogP contribution is 2.41. The van der Waals surface area contributed by atoms with Crippen molar-refractivity contribution in [3.8, 4) is 11.8 Å². The summed E-state index contributed by atoms with van der Waals surface area (Å²) in [5, 5.41) is 0. The maximum absolute atomic E-state index is 3.59. The average molecular weight is 351 g/mol. The lowest BCUT2D eigenvalue weighted by molar-refractivity contribution is 0.156. The van der Waals surface area contributed by atoms with Gasteiger partial charge in [-0.2, -0.15) is 0 Å². The number of aryl methyl sites for hydroxylation is 1. The summed E-state index contributed by atoms with van der Waals surface area (Å²) in [7, 11) is 0. The van der Waals surface area contributed by atoms with Gasteiger partial charge in [0.1, 0.15) is 0 Å². The quantitative estimate of drug-likeness (QED) is 0.485. The van der Waals surface area contributed by atoms with Crippen LogP contribution >= 0.6 is 0 Å². The molecule has 2 fully saturated rings. The molecule has 0 amide bonds. The Hall–Kier alpha value is -1.22. The molecular formula is C26H38. The molecule has 0 bridgehead atoms. The molecule has 0 atom stereocenters. The van der Waals surface area contributed by atoms with Crippen LogP contribution in [0.3, 0.4) is 0 Å². The topological polar surface area (TPSA) is 0 Å². The van der Waals surface area contributed by atoms with Gasteiger partial charge in [-0.15, -0.1) is 0 Å². The summed E-state index contributed by atoms with van der Waals surface area (Å²) < 4.78 is 0. The van der Waals surface area contributed by atoms with E-state index in [1.807, 2.05) is 0 Å². The second-order valence-corrected chi connectivity index (χ2v) is 8.87. The Bertz CT molecular complexity index is 569. The normalized spacial score (nSPS) is 29.0.